The van der Waals surface area contributed by atoms with E-state index >= 15 is 0 Å². The molecule has 1 heterocycles. The Hall–Kier alpha value is -2.00. The summed E-state index contributed by atoms with van der Waals surface area (Å²) in [6.07, 6.45) is 2.43. The number of nitrogens with one attached hydrogen (secondary N) is 1. The topological polar surface area (TPSA) is 86.8 Å². The molecule has 1 aromatic carbocycles. The molecule has 142 valence electrons. The molecule has 9 heteroatoms. The predicted octanol–water partition coefficient (Wildman–Crippen LogP) is 0.924. The number of carbonyl (C=O) groups is 2. The van der Waals surface area contributed by atoms with E-state index in [4.69, 9.17) is 0 Å². The third-order valence-corrected chi connectivity index (χ3v) is 6.30. The highest BCUT2D eigenvalue weighted by Gasteiger charge is 2.32. The normalized spacial score (nSPS) is 18.6. The highest BCUT2D eigenvalue weighted by atomic mass is 32.2. The number of hydrogen-bond acceptors (Lipinski definition) is 5. The number of sulfone groups is 1. The zero-order valence-electron chi connectivity index (χ0n) is 14.6. The largest absolute Gasteiger partial charge is 0.341 e. The number of rotatable bonds is 4. The Morgan fingerprint density at radius 3 is 2.42 bits per heavy atom. The smallest absolute Gasteiger partial charge is 0.339 e. The first-order valence-corrected chi connectivity index (χ1v) is 10.1. The minimum Gasteiger partial charge on any atom is -0.339 e. The second kappa shape index (κ2) is 7.32. The van der Waals surface area contributed by atoms with Gasteiger partial charge in [-0.25, -0.2) is 12.8 Å². The van der Waals surface area contributed by atoms with Gasteiger partial charge in [0.1, 0.15) is 5.82 Å². The Bertz CT molecular complexity index is 815. The molecular formula is C17H22FN3O4S. The van der Waals surface area contributed by atoms with E-state index in [0.29, 0.717) is 19.1 Å². The summed E-state index contributed by atoms with van der Waals surface area (Å²) in [5.74, 6) is -0.857. The van der Waals surface area contributed by atoms with Crippen LogP contribution in [0.4, 0.5) is 9.18 Å². The molecule has 1 saturated carbocycles. The van der Waals surface area contributed by atoms with Crippen molar-refractivity contribution in [3.63, 3.8) is 0 Å². The number of nitrogens with zero attached hydrogens (tertiary/aromatic N) is 2. The van der Waals surface area contributed by atoms with E-state index in [0.717, 1.165) is 31.3 Å². The van der Waals surface area contributed by atoms with Gasteiger partial charge in [0.2, 0.25) is 5.91 Å². The number of aryl methyl sites for hydroxylation is 1. The molecule has 0 radical (unpaired) electrons. The van der Waals surface area contributed by atoms with Crippen LogP contribution in [0.25, 0.3) is 0 Å². The number of hydrogen-bond donors (Lipinski definition) is 1. The Kier molecular flexibility index (Phi) is 5.29. The maximum Gasteiger partial charge on any atom is 0.341 e. The average Bonchev–Trinajstić information content (AvgIpc) is 3.46. The molecule has 2 fully saturated rings. The fourth-order valence-corrected chi connectivity index (χ4v) is 4.08. The van der Waals surface area contributed by atoms with Gasteiger partial charge >= 0.3 is 5.24 Å². The lowest BCUT2D eigenvalue weighted by Crippen LogP contribution is -2.51. The summed E-state index contributed by atoms with van der Waals surface area (Å²) in [5.41, 5.74) is 0.128. The van der Waals surface area contributed by atoms with Crippen LogP contribution < -0.4 is 5.32 Å². The Morgan fingerprint density at radius 1 is 1.19 bits per heavy atom. The molecule has 0 atom stereocenters. The van der Waals surface area contributed by atoms with Crippen molar-refractivity contribution < 1.29 is 22.4 Å². The summed E-state index contributed by atoms with van der Waals surface area (Å²) >= 11 is 0. The van der Waals surface area contributed by atoms with Crippen molar-refractivity contribution in [3.8, 4) is 0 Å². The molecule has 1 saturated heterocycles. The molecule has 1 N–H and O–H groups in total. The quantitative estimate of drug-likeness (QED) is 0.782. The summed E-state index contributed by atoms with van der Waals surface area (Å²) in [6, 6.07) is 3.79. The van der Waals surface area contributed by atoms with E-state index in [9.17, 15) is 22.4 Å². The van der Waals surface area contributed by atoms with E-state index in [1.165, 1.54) is 19.8 Å². The van der Waals surface area contributed by atoms with E-state index < -0.39 is 20.9 Å². The van der Waals surface area contributed by atoms with Gasteiger partial charge in [0, 0.05) is 32.2 Å². The van der Waals surface area contributed by atoms with Gasteiger partial charge in [-0.2, -0.15) is 0 Å². The van der Waals surface area contributed by atoms with Gasteiger partial charge in [-0.3, -0.25) is 14.5 Å². The third kappa shape index (κ3) is 4.04. The highest BCUT2D eigenvalue weighted by molar-refractivity contribution is 8.06. The fourth-order valence-electron chi connectivity index (χ4n) is 3.02. The minimum atomic E-state index is -4.31. The third-order valence-electron chi connectivity index (χ3n) is 4.80. The van der Waals surface area contributed by atoms with Crippen LogP contribution in [0.15, 0.2) is 23.1 Å². The number of amides is 2. The molecule has 0 unspecified atom stereocenters. The number of carbonyl (C=O) groups excluding carboxylic acids is 2. The molecule has 3 rings (SSSR count). The minimum absolute atomic E-state index is 0.128. The predicted molar refractivity (Wildman–Crippen MR) is 92.9 cm³/mol. The van der Waals surface area contributed by atoms with Crippen LogP contribution in [0.1, 0.15) is 18.4 Å². The zero-order chi connectivity index (χ0) is 18.9. The van der Waals surface area contributed by atoms with Crippen molar-refractivity contribution in [3.05, 3.63) is 29.6 Å². The van der Waals surface area contributed by atoms with Gasteiger partial charge in [-0.15, -0.1) is 0 Å². The Morgan fingerprint density at radius 2 is 1.85 bits per heavy atom. The first-order valence-electron chi connectivity index (χ1n) is 8.60. The standard InChI is InChI=1S/C17H22FN3O4S/c1-12-10-14(4-5-15(12)18)26(24,25)17(23)19-11-16(22)21-8-6-20(7-9-21)13-2-3-13/h4-5,10,13H,2-3,6-9,11H2,1H3,(H,19,23). The molecule has 26 heavy (non-hydrogen) atoms. The summed E-state index contributed by atoms with van der Waals surface area (Å²) < 4.78 is 37.8. The first-order chi connectivity index (χ1) is 12.3. The van der Waals surface area contributed by atoms with Gasteiger partial charge in [0.05, 0.1) is 11.4 Å². The maximum atomic E-state index is 13.3. The molecule has 0 spiro atoms. The van der Waals surface area contributed by atoms with E-state index in [2.05, 4.69) is 10.2 Å². The maximum absolute atomic E-state index is 13.3. The molecule has 7 nitrogen and oxygen atoms in total. The average molecular weight is 383 g/mol. The molecule has 0 bridgehead atoms. The number of piperazine rings is 1. The van der Waals surface area contributed by atoms with Crippen LogP contribution >= 0.6 is 0 Å². The number of benzene rings is 1. The first kappa shape index (κ1) is 18.8. The summed E-state index contributed by atoms with van der Waals surface area (Å²) in [6.45, 7) is 3.80. The van der Waals surface area contributed by atoms with Gasteiger partial charge in [-0.05, 0) is 43.5 Å². The molecule has 2 amide bonds. The molecule has 0 aromatic heterocycles. The lowest BCUT2D eigenvalue weighted by atomic mass is 10.2. The zero-order valence-corrected chi connectivity index (χ0v) is 15.4. The van der Waals surface area contributed by atoms with Gasteiger partial charge in [0.15, 0.2) is 0 Å². The van der Waals surface area contributed by atoms with Gasteiger partial charge in [-0.1, -0.05) is 0 Å². The van der Waals surface area contributed by atoms with E-state index in [1.54, 1.807) is 4.90 Å². The summed E-state index contributed by atoms with van der Waals surface area (Å²) in [4.78, 5) is 27.9. The Labute approximate surface area is 152 Å². The van der Waals surface area contributed by atoms with E-state index in [1.807, 2.05) is 0 Å². The fraction of sp³-hybridized carbons (Fsp3) is 0.529. The molecule has 2 aliphatic rings. The number of halogens is 1. The van der Waals surface area contributed by atoms with Crippen LogP contribution in [-0.4, -0.2) is 68.1 Å². The molecule has 1 aliphatic heterocycles. The summed E-state index contributed by atoms with van der Waals surface area (Å²) in [7, 11) is -4.31. The van der Waals surface area contributed by atoms with E-state index in [-0.39, 0.29) is 22.9 Å². The van der Waals surface area contributed by atoms with Crippen LogP contribution in [0.5, 0.6) is 0 Å². The highest BCUT2D eigenvalue weighted by Crippen LogP contribution is 2.27. The Balaban J connectivity index is 1.54. The van der Waals surface area contributed by atoms with Crippen molar-refractivity contribution in [2.75, 3.05) is 32.7 Å². The van der Waals surface area contributed by atoms with Crippen LogP contribution in [0.2, 0.25) is 0 Å². The van der Waals surface area contributed by atoms with Gasteiger partial charge < -0.3 is 10.2 Å². The van der Waals surface area contributed by atoms with Crippen molar-refractivity contribution in [2.45, 2.75) is 30.7 Å². The monoisotopic (exact) mass is 383 g/mol. The lowest BCUT2D eigenvalue weighted by Gasteiger charge is -2.34. The molecular weight excluding hydrogens is 361 g/mol. The van der Waals surface area contributed by atoms with Crippen molar-refractivity contribution in [1.82, 2.24) is 15.1 Å². The second-order valence-corrected chi connectivity index (χ2v) is 8.55. The van der Waals surface area contributed by atoms with Crippen LogP contribution in [0.3, 0.4) is 0 Å². The SMILES string of the molecule is Cc1cc(S(=O)(=O)C(=O)NCC(=O)N2CCN(C3CC3)CC2)ccc1F. The van der Waals surface area contributed by atoms with Crippen molar-refractivity contribution in [1.29, 1.82) is 0 Å². The second-order valence-electron chi connectivity index (χ2n) is 6.70. The van der Waals surface area contributed by atoms with Crippen molar-refractivity contribution in [2.24, 2.45) is 0 Å². The van der Waals surface area contributed by atoms with Crippen LogP contribution in [0, 0.1) is 12.7 Å². The van der Waals surface area contributed by atoms with Crippen molar-refractivity contribution >= 4 is 21.0 Å². The van der Waals surface area contributed by atoms with Gasteiger partial charge in [0.25, 0.3) is 9.84 Å². The van der Waals surface area contributed by atoms with Crippen LogP contribution in [-0.2, 0) is 14.6 Å². The molecule has 1 aliphatic carbocycles. The lowest BCUT2D eigenvalue weighted by molar-refractivity contribution is -0.131. The molecule has 1 aromatic rings. The summed E-state index contributed by atoms with van der Waals surface area (Å²) in [5, 5.41) is 0.917.